The van der Waals surface area contributed by atoms with Gasteiger partial charge in [0.1, 0.15) is 5.82 Å². The van der Waals surface area contributed by atoms with Crippen LogP contribution < -0.4 is 0 Å². The van der Waals surface area contributed by atoms with Crippen LogP contribution in [0.25, 0.3) is 11.0 Å². The van der Waals surface area contributed by atoms with Crippen molar-refractivity contribution in [1.29, 1.82) is 0 Å². The molecule has 2 amide bonds. The highest BCUT2D eigenvalue weighted by atomic mass is 16.2. The molecule has 0 unspecified atom stereocenters. The lowest BCUT2D eigenvalue weighted by Gasteiger charge is -2.25. The van der Waals surface area contributed by atoms with Crippen molar-refractivity contribution in [3.8, 4) is 0 Å². The normalized spacial score (nSPS) is 21.1. The summed E-state index contributed by atoms with van der Waals surface area (Å²) in [6.07, 6.45) is 6.09. The van der Waals surface area contributed by atoms with Gasteiger partial charge in [-0.15, -0.1) is 0 Å². The number of carbonyl (C=O) groups excluding carboxylic acids is 2. The van der Waals surface area contributed by atoms with E-state index in [0.717, 1.165) is 62.1 Å². The second kappa shape index (κ2) is 7.71. The van der Waals surface area contributed by atoms with Crippen molar-refractivity contribution in [1.82, 2.24) is 19.8 Å². The van der Waals surface area contributed by atoms with E-state index in [4.69, 9.17) is 4.98 Å². The fourth-order valence-electron chi connectivity index (χ4n) is 4.30. The molecule has 0 saturated carbocycles. The lowest BCUT2D eigenvalue weighted by molar-refractivity contribution is -0.134. The van der Waals surface area contributed by atoms with Gasteiger partial charge in [-0.1, -0.05) is 12.5 Å². The Kier molecular flexibility index (Phi) is 5.14. The van der Waals surface area contributed by atoms with Crippen LogP contribution in [0.4, 0.5) is 0 Å². The van der Waals surface area contributed by atoms with E-state index in [-0.39, 0.29) is 17.9 Å². The summed E-state index contributed by atoms with van der Waals surface area (Å²) in [7, 11) is 0. The average Bonchev–Trinajstić information content (AvgIpc) is 3.24. The maximum absolute atomic E-state index is 12.9. The van der Waals surface area contributed by atoms with E-state index < -0.39 is 0 Å². The topological polar surface area (TPSA) is 69.3 Å². The molecule has 0 bridgehead atoms. The van der Waals surface area contributed by atoms with Crippen molar-refractivity contribution in [3.63, 3.8) is 0 Å². The summed E-state index contributed by atoms with van der Waals surface area (Å²) in [6, 6.07) is 6.20. The first-order valence-electron chi connectivity index (χ1n) is 10.2. The Labute approximate surface area is 159 Å². The molecule has 0 spiro atoms. The Balaban J connectivity index is 1.43. The number of hydrogen-bond donors (Lipinski definition) is 1. The SMILES string of the molecule is Cc1ccc2nc([C@H]3CCCN3C(=O)CCN3CCCCCC3=O)[nH]c2c1. The second-order valence-electron chi connectivity index (χ2n) is 7.83. The Bertz CT molecular complexity index is 844. The average molecular weight is 368 g/mol. The molecule has 4 rings (SSSR count). The van der Waals surface area contributed by atoms with Crippen LogP contribution >= 0.6 is 0 Å². The summed E-state index contributed by atoms with van der Waals surface area (Å²) >= 11 is 0. The summed E-state index contributed by atoms with van der Waals surface area (Å²) in [5.41, 5.74) is 3.17. The lowest BCUT2D eigenvalue weighted by Crippen LogP contribution is -2.37. The molecule has 1 atom stereocenters. The van der Waals surface area contributed by atoms with E-state index in [2.05, 4.69) is 24.0 Å². The molecule has 2 aliphatic heterocycles. The fraction of sp³-hybridized carbons (Fsp3) is 0.571. The summed E-state index contributed by atoms with van der Waals surface area (Å²) < 4.78 is 0. The van der Waals surface area contributed by atoms with Gasteiger partial charge in [-0.2, -0.15) is 0 Å². The highest BCUT2D eigenvalue weighted by molar-refractivity contribution is 5.80. The van der Waals surface area contributed by atoms with Crippen molar-refractivity contribution in [2.24, 2.45) is 0 Å². The van der Waals surface area contributed by atoms with E-state index in [1.807, 2.05) is 15.9 Å². The zero-order valence-electron chi connectivity index (χ0n) is 16.0. The minimum atomic E-state index is 0.0186. The van der Waals surface area contributed by atoms with Crippen LogP contribution in [0.5, 0.6) is 0 Å². The molecular formula is C21H28N4O2. The minimum Gasteiger partial charge on any atom is -0.342 e. The predicted molar refractivity (Wildman–Crippen MR) is 104 cm³/mol. The first kappa shape index (κ1) is 18.0. The number of nitrogens with one attached hydrogen (secondary N) is 1. The molecule has 1 N–H and O–H groups in total. The van der Waals surface area contributed by atoms with Crippen LogP contribution in [0.1, 0.15) is 62.4 Å². The van der Waals surface area contributed by atoms with Crippen LogP contribution in [0.3, 0.4) is 0 Å². The van der Waals surface area contributed by atoms with Gasteiger partial charge in [0.05, 0.1) is 17.1 Å². The molecule has 6 heteroatoms. The molecule has 27 heavy (non-hydrogen) atoms. The third kappa shape index (κ3) is 3.84. The van der Waals surface area contributed by atoms with Crippen molar-refractivity contribution in [2.75, 3.05) is 19.6 Å². The molecule has 0 aliphatic carbocycles. The number of amides is 2. The predicted octanol–water partition coefficient (Wildman–Crippen LogP) is 3.33. The number of carbonyl (C=O) groups is 2. The number of rotatable bonds is 4. The van der Waals surface area contributed by atoms with E-state index in [1.165, 1.54) is 5.56 Å². The van der Waals surface area contributed by atoms with Crippen molar-refractivity contribution in [2.45, 2.75) is 57.9 Å². The van der Waals surface area contributed by atoms with Crippen LogP contribution in [0.2, 0.25) is 0 Å². The van der Waals surface area contributed by atoms with E-state index in [1.54, 1.807) is 0 Å². The highest BCUT2D eigenvalue weighted by Crippen LogP contribution is 2.32. The zero-order chi connectivity index (χ0) is 18.8. The van der Waals surface area contributed by atoms with Gasteiger partial charge in [-0.05, 0) is 50.3 Å². The van der Waals surface area contributed by atoms with Gasteiger partial charge in [-0.25, -0.2) is 4.98 Å². The first-order chi connectivity index (χ1) is 13.1. The standard InChI is InChI=1S/C21H28N4O2/c1-15-8-9-16-17(14-15)23-21(22-16)18-6-5-12-25(18)20(27)10-13-24-11-4-2-3-7-19(24)26/h8-9,14,18H,2-7,10-13H2,1H3,(H,22,23)/t18-/m1/s1. The fourth-order valence-corrected chi connectivity index (χ4v) is 4.30. The number of aryl methyl sites for hydroxylation is 1. The summed E-state index contributed by atoms with van der Waals surface area (Å²) in [5, 5.41) is 0. The number of H-pyrrole nitrogens is 1. The van der Waals surface area contributed by atoms with Gasteiger partial charge < -0.3 is 14.8 Å². The molecule has 2 saturated heterocycles. The van der Waals surface area contributed by atoms with Crippen LogP contribution in [-0.4, -0.2) is 51.2 Å². The number of nitrogens with zero attached hydrogens (tertiary/aromatic N) is 3. The third-order valence-electron chi connectivity index (χ3n) is 5.81. The van der Waals surface area contributed by atoms with E-state index in [0.29, 0.717) is 19.4 Å². The Morgan fingerprint density at radius 1 is 1.22 bits per heavy atom. The number of fused-ring (bicyclic) bond motifs is 1. The van der Waals surface area contributed by atoms with Gasteiger partial charge in [0.15, 0.2) is 0 Å². The molecule has 0 radical (unpaired) electrons. The Hall–Kier alpha value is -2.37. The van der Waals surface area contributed by atoms with E-state index >= 15 is 0 Å². The number of imidazole rings is 1. The quantitative estimate of drug-likeness (QED) is 0.900. The summed E-state index contributed by atoms with van der Waals surface area (Å²) in [4.78, 5) is 37.0. The molecule has 2 aliphatic rings. The Morgan fingerprint density at radius 2 is 2.11 bits per heavy atom. The van der Waals surface area contributed by atoms with Gasteiger partial charge >= 0.3 is 0 Å². The van der Waals surface area contributed by atoms with Crippen LogP contribution in [0, 0.1) is 6.92 Å². The maximum Gasteiger partial charge on any atom is 0.224 e. The zero-order valence-corrected chi connectivity index (χ0v) is 16.0. The summed E-state index contributed by atoms with van der Waals surface area (Å²) in [6.45, 7) is 4.17. The molecular weight excluding hydrogens is 340 g/mol. The maximum atomic E-state index is 12.9. The third-order valence-corrected chi connectivity index (χ3v) is 5.81. The number of hydrogen-bond acceptors (Lipinski definition) is 3. The number of benzene rings is 1. The second-order valence-corrected chi connectivity index (χ2v) is 7.83. The number of aromatic nitrogens is 2. The van der Waals surface area contributed by atoms with E-state index in [9.17, 15) is 9.59 Å². The van der Waals surface area contributed by atoms with Gasteiger partial charge in [0.2, 0.25) is 11.8 Å². The van der Waals surface area contributed by atoms with Gasteiger partial charge in [0, 0.05) is 32.5 Å². The monoisotopic (exact) mass is 368 g/mol. The smallest absolute Gasteiger partial charge is 0.224 e. The molecule has 2 fully saturated rings. The van der Waals surface area contributed by atoms with Crippen LogP contribution in [0.15, 0.2) is 18.2 Å². The van der Waals surface area contributed by atoms with Crippen molar-refractivity contribution in [3.05, 3.63) is 29.6 Å². The minimum absolute atomic E-state index is 0.0186. The first-order valence-corrected chi connectivity index (χ1v) is 10.2. The van der Waals surface area contributed by atoms with Gasteiger partial charge in [0.25, 0.3) is 0 Å². The molecule has 3 heterocycles. The highest BCUT2D eigenvalue weighted by Gasteiger charge is 2.32. The largest absolute Gasteiger partial charge is 0.342 e. The molecule has 6 nitrogen and oxygen atoms in total. The van der Waals surface area contributed by atoms with Crippen molar-refractivity contribution < 1.29 is 9.59 Å². The Morgan fingerprint density at radius 3 is 3.00 bits per heavy atom. The number of aromatic amines is 1. The van der Waals surface area contributed by atoms with Crippen molar-refractivity contribution >= 4 is 22.8 Å². The van der Waals surface area contributed by atoms with Gasteiger partial charge in [-0.3, -0.25) is 9.59 Å². The molecule has 1 aromatic carbocycles. The molecule has 1 aromatic heterocycles. The van der Waals surface area contributed by atoms with Crippen LogP contribution in [-0.2, 0) is 9.59 Å². The number of likely N-dealkylation sites (tertiary alicyclic amines) is 2. The lowest BCUT2D eigenvalue weighted by atomic mass is 10.2. The summed E-state index contributed by atoms with van der Waals surface area (Å²) in [5.74, 6) is 1.21. The molecule has 2 aromatic rings. The molecule has 144 valence electrons.